The van der Waals surface area contributed by atoms with Crippen molar-refractivity contribution in [3.05, 3.63) is 91.1 Å². The highest BCUT2D eigenvalue weighted by Gasteiger charge is 2.16. The van der Waals surface area contributed by atoms with Crippen molar-refractivity contribution in [1.29, 1.82) is 0 Å². The van der Waals surface area contributed by atoms with Gasteiger partial charge in [0.2, 0.25) is 5.89 Å². The minimum absolute atomic E-state index is 0.0274. The van der Waals surface area contributed by atoms with Crippen LogP contribution in [0.4, 0.5) is 0 Å². The van der Waals surface area contributed by atoms with Gasteiger partial charge < -0.3 is 9.15 Å². The molecule has 0 aliphatic carbocycles. The average Bonchev–Trinajstić information content (AvgIpc) is 3.33. The van der Waals surface area contributed by atoms with Crippen LogP contribution >= 0.6 is 0 Å². The number of hydrogen-bond donors (Lipinski definition) is 2. The summed E-state index contributed by atoms with van der Waals surface area (Å²) < 4.78 is 35.9. The second kappa shape index (κ2) is 9.46. The van der Waals surface area contributed by atoms with E-state index < -0.39 is 15.9 Å². The van der Waals surface area contributed by atoms with Gasteiger partial charge in [0, 0.05) is 11.1 Å². The van der Waals surface area contributed by atoms with Crippen LogP contribution in [0, 0.1) is 0 Å². The summed E-state index contributed by atoms with van der Waals surface area (Å²) in [5, 5.41) is 0. The summed E-state index contributed by atoms with van der Waals surface area (Å²) in [6, 6.07) is 24.2. The van der Waals surface area contributed by atoms with Crippen LogP contribution in [0.1, 0.15) is 0 Å². The fourth-order valence-corrected chi connectivity index (χ4v) is 3.67. The predicted octanol–water partition coefficient (Wildman–Crippen LogP) is 3.40. The number of carbonyl (C=O) groups excluding carboxylic acids is 1. The number of sulfonamides is 1. The van der Waals surface area contributed by atoms with Gasteiger partial charge in [0.1, 0.15) is 5.75 Å². The second-order valence-corrected chi connectivity index (χ2v) is 8.36. The Morgan fingerprint density at radius 3 is 2.22 bits per heavy atom. The van der Waals surface area contributed by atoms with Crippen molar-refractivity contribution in [2.75, 3.05) is 6.61 Å². The molecule has 0 fully saturated rings. The van der Waals surface area contributed by atoms with Crippen molar-refractivity contribution in [3.63, 3.8) is 0 Å². The zero-order chi connectivity index (χ0) is 22.4. The Labute approximate surface area is 184 Å². The summed E-state index contributed by atoms with van der Waals surface area (Å²) in [4.78, 5) is 18.1. The van der Waals surface area contributed by atoms with E-state index in [1.165, 1.54) is 12.1 Å². The van der Waals surface area contributed by atoms with Crippen LogP contribution in [-0.2, 0) is 14.8 Å². The minimum Gasteiger partial charge on any atom is -0.484 e. The van der Waals surface area contributed by atoms with Crippen molar-refractivity contribution in [3.8, 4) is 28.5 Å². The molecule has 32 heavy (non-hydrogen) atoms. The summed E-state index contributed by atoms with van der Waals surface area (Å²) >= 11 is 0. The third kappa shape index (κ3) is 5.20. The molecule has 3 aromatic carbocycles. The summed E-state index contributed by atoms with van der Waals surface area (Å²) in [5.74, 6) is 0.844. The molecule has 4 rings (SSSR count). The molecule has 1 aromatic heterocycles. The lowest BCUT2D eigenvalue weighted by Crippen LogP contribution is -2.43. The van der Waals surface area contributed by atoms with Gasteiger partial charge in [0.05, 0.1) is 11.1 Å². The molecule has 1 heterocycles. The van der Waals surface area contributed by atoms with Gasteiger partial charge >= 0.3 is 0 Å². The van der Waals surface area contributed by atoms with Gasteiger partial charge in [-0.25, -0.2) is 13.4 Å². The van der Waals surface area contributed by atoms with Gasteiger partial charge in [-0.05, 0) is 36.4 Å². The average molecular weight is 449 g/mol. The van der Waals surface area contributed by atoms with E-state index in [1.54, 1.807) is 42.6 Å². The number of aromatic nitrogens is 1. The third-order valence-corrected chi connectivity index (χ3v) is 5.68. The monoisotopic (exact) mass is 449 g/mol. The Balaban J connectivity index is 1.36. The van der Waals surface area contributed by atoms with E-state index in [9.17, 15) is 13.2 Å². The van der Waals surface area contributed by atoms with Crippen LogP contribution in [0.3, 0.4) is 0 Å². The summed E-state index contributed by atoms with van der Waals surface area (Å²) in [5.41, 5.74) is 3.63. The van der Waals surface area contributed by atoms with Crippen molar-refractivity contribution in [1.82, 2.24) is 15.2 Å². The van der Waals surface area contributed by atoms with E-state index in [2.05, 4.69) is 10.4 Å². The molecule has 0 atom stereocenters. The first-order chi connectivity index (χ1) is 15.5. The quantitative estimate of drug-likeness (QED) is 0.399. The van der Waals surface area contributed by atoms with Gasteiger partial charge in [0.25, 0.3) is 15.9 Å². The molecule has 8 nitrogen and oxygen atoms in total. The molecule has 4 aromatic rings. The number of oxazole rings is 1. The van der Waals surface area contributed by atoms with Gasteiger partial charge in [-0.15, -0.1) is 4.83 Å². The van der Waals surface area contributed by atoms with Gasteiger partial charge in [-0.2, -0.15) is 0 Å². The number of rotatable bonds is 8. The first-order valence-corrected chi connectivity index (χ1v) is 11.1. The number of ether oxygens (including phenoxy) is 1. The Morgan fingerprint density at radius 1 is 0.875 bits per heavy atom. The molecule has 0 aliphatic rings. The summed E-state index contributed by atoms with van der Waals surface area (Å²) in [6.07, 6.45) is 1.62. The van der Waals surface area contributed by atoms with Crippen molar-refractivity contribution < 1.29 is 22.4 Å². The molecule has 0 radical (unpaired) electrons. The molecular formula is C23H19N3O5S. The second-order valence-electron chi connectivity index (χ2n) is 6.68. The van der Waals surface area contributed by atoms with Crippen molar-refractivity contribution in [2.45, 2.75) is 4.90 Å². The van der Waals surface area contributed by atoms with Gasteiger partial charge in [-0.3, -0.25) is 10.2 Å². The number of amides is 1. The maximum absolute atomic E-state index is 12.4. The fourth-order valence-electron chi connectivity index (χ4n) is 2.80. The molecule has 2 N–H and O–H groups in total. The first kappa shape index (κ1) is 21.3. The maximum atomic E-state index is 12.4. The lowest BCUT2D eigenvalue weighted by Gasteiger charge is -2.09. The van der Waals surface area contributed by atoms with Crippen molar-refractivity contribution in [2.24, 2.45) is 0 Å². The number of hydrazine groups is 1. The van der Waals surface area contributed by atoms with Crippen LogP contribution in [0.15, 0.2) is 100 Å². The molecule has 1 amide bonds. The highest BCUT2D eigenvalue weighted by molar-refractivity contribution is 7.89. The highest BCUT2D eigenvalue weighted by atomic mass is 32.2. The van der Waals surface area contributed by atoms with Crippen LogP contribution in [-0.4, -0.2) is 25.9 Å². The molecule has 162 valence electrons. The number of nitrogens with zero attached hydrogens (tertiary/aromatic N) is 1. The number of hydrogen-bond acceptors (Lipinski definition) is 6. The van der Waals surface area contributed by atoms with E-state index in [0.29, 0.717) is 23.0 Å². The van der Waals surface area contributed by atoms with Crippen LogP contribution in [0.5, 0.6) is 5.75 Å². The normalized spacial score (nSPS) is 11.1. The smallest absolute Gasteiger partial charge is 0.272 e. The predicted molar refractivity (Wildman–Crippen MR) is 118 cm³/mol. The fraction of sp³-hybridized carbons (Fsp3) is 0.0435. The number of carbonyl (C=O) groups is 1. The molecular weight excluding hydrogens is 430 g/mol. The van der Waals surface area contributed by atoms with Crippen LogP contribution < -0.4 is 15.0 Å². The minimum atomic E-state index is -3.96. The lowest BCUT2D eigenvalue weighted by molar-refractivity contribution is -0.123. The van der Waals surface area contributed by atoms with E-state index in [0.717, 1.165) is 5.56 Å². The summed E-state index contributed by atoms with van der Waals surface area (Å²) in [7, 11) is -3.96. The molecule has 0 saturated heterocycles. The van der Waals surface area contributed by atoms with Crippen molar-refractivity contribution >= 4 is 15.9 Å². The molecule has 0 unspecified atom stereocenters. The zero-order valence-corrected chi connectivity index (χ0v) is 17.6. The standard InChI is InChI=1S/C23H19N3O5S/c27-22(16-30-19-9-5-2-6-10-19)25-26-32(28,29)20-13-11-18(12-14-20)23-24-15-21(31-23)17-7-3-1-4-8-17/h1-15,26H,16H2,(H,25,27). The molecule has 0 spiro atoms. The number of nitrogens with one attached hydrogen (secondary N) is 2. The maximum Gasteiger partial charge on any atom is 0.272 e. The Morgan fingerprint density at radius 2 is 1.53 bits per heavy atom. The van der Waals surface area contributed by atoms with Crippen LogP contribution in [0.2, 0.25) is 0 Å². The van der Waals surface area contributed by atoms with E-state index in [1.807, 2.05) is 41.2 Å². The molecule has 0 saturated carbocycles. The van der Waals surface area contributed by atoms with E-state index in [4.69, 9.17) is 9.15 Å². The third-order valence-electron chi connectivity index (χ3n) is 4.41. The SMILES string of the molecule is O=C(COc1ccccc1)NNS(=O)(=O)c1ccc(-c2ncc(-c3ccccc3)o2)cc1. The largest absolute Gasteiger partial charge is 0.484 e. The number of benzene rings is 3. The number of para-hydroxylation sites is 1. The Hall–Kier alpha value is -3.95. The molecule has 0 aliphatic heterocycles. The van der Waals surface area contributed by atoms with Crippen LogP contribution in [0.25, 0.3) is 22.8 Å². The molecule has 9 heteroatoms. The highest BCUT2D eigenvalue weighted by Crippen LogP contribution is 2.26. The lowest BCUT2D eigenvalue weighted by atomic mass is 10.2. The summed E-state index contributed by atoms with van der Waals surface area (Å²) in [6.45, 7) is -0.334. The van der Waals surface area contributed by atoms with E-state index in [-0.39, 0.29) is 11.5 Å². The molecule has 0 bridgehead atoms. The first-order valence-electron chi connectivity index (χ1n) is 9.61. The van der Waals surface area contributed by atoms with Gasteiger partial charge in [-0.1, -0.05) is 48.5 Å². The van der Waals surface area contributed by atoms with E-state index >= 15 is 0 Å². The zero-order valence-electron chi connectivity index (χ0n) is 16.8. The topological polar surface area (TPSA) is 111 Å². The Bertz CT molecular complexity index is 1290. The Kier molecular flexibility index (Phi) is 6.29. The van der Waals surface area contributed by atoms with Gasteiger partial charge in [0.15, 0.2) is 12.4 Å².